The molecule has 24 heavy (non-hydrogen) atoms. The fourth-order valence-corrected chi connectivity index (χ4v) is 3.27. The van der Waals surface area contributed by atoms with Gasteiger partial charge in [0.2, 0.25) is 5.91 Å². The van der Waals surface area contributed by atoms with Crippen molar-refractivity contribution in [1.29, 1.82) is 0 Å². The van der Waals surface area contributed by atoms with E-state index in [4.69, 9.17) is 17.3 Å². The Morgan fingerprint density at radius 2 is 1.75 bits per heavy atom. The number of amides is 1. The zero-order chi connectivity index (χ0) is 17.1. The standard InChI is InChI=1S/C19H22ClN3O/c1-14-2-7-17(20)12-18(14)23-10-8-22(9-11-23)13-15-3-5-16(6-4-15)19(21)24/h2-7,12H,8-11,13H2,1H3,(H2,21,24). The van der Waals surface area contributed by atoms with Gasteiger partial charge in [0, 0.05) is 49.0 Å². The third-order valence-corrected chi connectivity index (χ3v) is 4.76. The Bertz CT molecular complexity index is 722. The summed E-state index contributed by atoms with van der Waals surface area (Å²) >= 11 is 6.14. The molecule has 1 heterocycles. The number of carbonyl (C=O) groups excluding carboxylic acids is 1. The van der Waals surface area contributed by atoms with Gasteiger partial charge in [-0.1, -0.05) is 29.8 Å². The van der Waals surface area contributed by atoms with Gasteiger partial charge in [0.1, 0.15) is 0 Å². The maximum Gasteiger partial charge on any atom is 0.248 e. The van der Waals surface area contributed by atoms with E-state index in [0.717, 1.165) is 37.7 Å². The summed E-state index contributed by atoms with van der Waals surface area (Å²) < 4.78 is 0. The summed E-state index contributed by atoms with van der Waals surface area (Å²) in [5.74, 6) is -0.382. The van der Waals surface area contributed by atoms with Crippen molar-refractivity contribution in [2.45, 2.75) is 13.5 Å². The lowest BCUT2D eigenvalue weighted by Gasteiger charge is -2.37. The summed E-state index contributed by atoms with van der Waals surface area (Å²) in [6, 6.07) is 13.6. The van der Waals surface area contributed by atoms with Crippen molar-refractivity contribution in [2.24, 2.45) is 5.73 Å². The zero-order valence-electron chi connectivity index (χ0n) is 13.8. The first-order valence-electron chi connectivity index (χ1n) is 8.15. The molecule has 0 bridgehead atoms. The predicted molar refractivity (Wildman–Crippen MR) is 98.6 cm³/mol. The molecule has 1 saturated heterocycles. The number of hydrogen-bond donors (Lipinski definition) is 1. The summed E-state index contributed by atoms with van der Waals surface area (Å²) in [6.45, 7) is 6.99. The van der Waals surface area contributed by atoms with Gasteiger partial charge in [-0.3, -0.25) is 9.69 Å². The minimum absolute atomic E-state index is 0.382. The molecule has 0 aromatic heterocycles. The van der Waals surface area contributed by atoms with E-state index in [2.05, 4.69) is 28.9 Å². The molecule has 1 fully saturated rings. The van der Waals surface area contributed by atoms with Crippen LogP contribution in [0.15, 0.2) is 42.5 Å². The number of nitrogens with two attached hydrogens (primary N) is 1. The molecule has 4 nitrogen and oxygen atoms in total. The van der Waals surface area contributed by atoms with Crippen LogP contribution in [0.3, 0.4) is 0 Å². The molecule has 1 aliphatic heterocycles. The van der Waals surface area contributed by atoms with Crippen molar-refractivity contribution in [3.63, 3.8) is 0 Å². The van der Waals surface area contributed by atoms with Crippen LogP contribution in [-0.2, 0) is 6.54 Å². The number of piperazine rings is 1. The zero-order valence-corrected chi connectivity index (χ0v) is 14.6. The third-order valence-electron chi connectivity index (χ3n) is 4.53. The van der Waals surface area contributed by atoms with Crippen LogP contribution in [0, 0.1) is 6.92 Å². The number of primary amides is 1. The topological polar surface area (TPSA) is 49.6 Å². The Morgan fingerprint density at radius 3 is 2.38 bits per heavy atom. The summed E-state index contributed by atoms with van der Waals surface area (Å²) in [5, 5.41) is 0.785. The van der Waals surface area contributed by atoms with Crippen LogP contribution in [0.5, 0.6) is 0 Å². The Hall–Kier alpha value is -2.04. The number of benzene rings is 2. The van der Waals surface area contributed by atoms with E-state index < -0.39 is 0 Å². The number of nitrogens with zero attached hydrogens (tertiary/aromatic N) is 2. The van der Waals surface area contributed by atoms with Crippen LogP contribution >= 0.6 is 11.6 Å². The van der Waals surface area contributed by atoms with Crippen LogP contribution in [-0.4, -0.2) is 37.0 Å². The van der Waals surface area contributed by atoms with Gasteiger partial charge in [-0.2, -0.15) is 0 Å². The maximum absolute atomic E-state index is 11.1. The second kappa shape index (κ2) is 7.24. The summed E-state index contributed by atoms with van der Waals surface area (Å²) in [7, 11) is 0. The Morgan fingerprint density at radius 1 is 1.08 bits per heavy atom. The van der Waals surface area contributed by atoms with Crippen LogP contribution < -0.4 is 10.6 Å². The quantitative estimate of drug-likeness (QED) is 0.928. The number of aryl methyl sites for hydroxylation is 1. The fourth-order valence-electron chi connectivity index (χ4n) is 3.10. The SMILES string of the molecule is Cc1ccc(Cl)cc1N1CCN(Cc2ccc(C(N)=O)cc2)CC1. The van der Waals surface area contributed by atoms with E-state index in [-0.39, 0.29) is 5.91 Å². The number of hydrogen-bond acceptors (Lipinski definition) is 3. The van der Waals surface area contributed by atoms with Gasteiger partial charge < -0.3 is 10.6 Å². The highest BCUT2D eigenvalue weighted by molar-refractivity contribution is 6.30. The predicted octanol–water partition coefficient (Wildman–Crippen LogP) is 3.07. The first-order chi connectivity index (χ1) is 11.5. The highest BCUT2D eigenvalue weighted by Gasteiger charge is 2.18. The van der Waals surface area contributed by atoms with E-state index in [1.807, 2.05) is 18.2 Å². The summed E-state index contributed by atoms with van der Waals surface area (Å²) in [5.41, 5.74) is 9.52. The average molecular weight is 344 g/mol. The Kier molecular flexibility index (Phi) is 5.07. The van der Waals surface area contributed by atoms with Crippen LogP contribution in [0.4, 0.5) is 5.69 Å². The molecule has 2 aromatic carbocycles. The first kappa shape index (κ1) is 16.8. The molecule has 0 atom stereocenters. The van der Waals surface area contributed by atoms with Gasteiger partial charge >= 0.3 is 0 Å². The lowest BCUT2D eigenvalue weighted by Crippen LogP contribution is -2.46. The molecule has 1 aliphatic rings. The van der Waals surface area contributed by atoms with Gasteiger partial charge in [-0.05, 0) is 42.3 Å². The van der Waals surface area contributed by atoms with Crippen LogP contribution in [0.2, 0.25) is 5.02 Å². The van der Waals surface area contributed by atoms with E-state index in [1.165, 1.54) is 16.8 Å². The largest absolute Gasteiger partial charge is 0.369 e. The molecule has 3 rings (SSSR count). The molecule has 0 aliphatic carbocycles. The molecular formula is C19H22ClN3O. The molecule has 0 unspecified atom stereocenters. The first-order valence-corrected chi connectivity index (χ1v) is 8.53. The Balaban J connectivity index is 1.59. The molecule has 0 radical (unpaired) electrons. The second-order valence-corrected chi connectivity index (χ2v) is 6.69. The van der Waals surface area contributed by atoms with Gasteiger partial charge in [-0.15, -0.1) is 0 Å². The molecular weight excluding hydrogens is 322 g/mol. The van der Waals surface area contributed by atoms with Gasteiger partial charge in [0.15, 0.2) is 0 Å². The number of anilines is 1. The molecule has 2 aromatic rings. The smallest absolute Gasteiger partial charge is 0.248 e. The van der Waals surface area contributed by atoms with Gasteiger partial charge in [0.25, 0.3) is 0 Å². The lowest BCUT2D eigenvalue weighted by atomic mass is 10.1. The van der Waals surface area contributed by atoms with E-state index in [9.17, 15) is 4.79 Å². The van der Waals surface area contributed by atoms with Crippen molar-refractivity contribution in [2.75, 3.05) is 31.1 Å². The molecule has 0 spiro atoms. The van der Waals surface area contributed by atoms with E-state index >= 15 is 0 Å². The molecule has 1 amide bonds. The number of carbonyl (C=O) groups is 1. The van der Waals surface area contributed by atoms with Crippen molar-refractivity contribution in [1.82, 2.24) is 4.90 Å². The maximum atomic E-state index is 11.1. The highest BCUT2D eigenvalue weighted by atomic mass is 35.5. The molecule has 126 valence electrons. The minimum atomic E-state index is -0.382. The fraction of sp³-hybridized carbons (Fsp3) is 0.316. The van der Waals surface area contributed by atoms with Crippen molar-refractivity contribution >= 4 is 23.2 Å². The van der Waals surface area contributed by atoms with Crippen LogP contribution in [0.25, 0.3) is 0 Å². The number of rotatable bonds is 4. The van der Waals surface area contributed by atoms with Gasteiger partial charge in [0.05, 0.1) is 0 Å². The normalized spacial score (nSPS) is 15.5. The highest BCUT2D eigenvalue weighted by Crippen LogP contribution is 2.25. The third kappa shape index (κ3) is 3.89. The van der Waals surface area contributed by atoms with Crippen molar-refractivity contribution in [3.05, 3.63) is 64.2 Å². The lowest BCUT2D eigenvalue weighted by molar-refractivity contribution is 0.100. The van der Waals surface area contributed by atoms with E-state index in [0.29, 0.717) is 5.56 Å². The van der Waals surface area contributed by atoms with Crippen LogP contribution in [0.1, 0.15) is 21.5 Å². The van der Waals surface area contributed by atoms with Crippen molar-refractivity contribution < 1.29 is 4.79 Å². The minimum Gasteiger partial charge on any atom is -0.369 e. The second-order valence-electron chi connectivity index (χ2n) is 6.26. The monoisotopic (exact) mass is 343 g/mol. The number of halogens is 1. The van der Waals surface area contributed by atoms with Gasteiger partial charge in [-0.25, -0.2) is 0 Å². The Labute approximate surface area is 147 Å². The van der Waals surface area contributed by atoms with Crippen molar-refractivity contribution in [3.8, 4) is 0 Å². The molecule has 0 saturated carbocycles. The molecule has 5 heteroatoms. The summed E-state index contributed by atoms with van der Waals surface area (Å²) in [6.07, 6.45) is 0. The average Bonchev–Trinajstić information content (AvgIpc) is 2.58. The van der Waals surface area contributed by atoms with E-state index in [1.54, 1.807) is 12.1 Å². The molecule has 2 N–H and O–H groups in total. The summed E-state index contributed by atoms with van der Waals surface area (Å²) in [4.78, 5) is 15.9.